The van der Waals surface area contributed by atoms with E-state index in [4.69, 9.17) is 9.84 Å². The molecule has 1 fully saturated rings. The Labute approximate surface area is 222 Å². The molecule has 38 heavy (non-hydrogen) atoms. The number of rotatable bonds is 7. The minimum atomic E-state index is -0.965. The Bertz CT molecular complexity index is 1400. The summed E-state index contributed by atoms with van der Waals surface area (Å²) in [6, 6.07) is 19.9. The summed E-state index contributed by atoms with van der Waals surface area (Å²) < 4.78 is 5.80. The van der Waals surface area contributed by atoms with Crippen LogP contribution in [-0.4, -0.2) is 34.5 Å². The SMILES string of the molecule is CCOc1ccc(/C(O)=C2/C(=O)C(=O)N(c3ccc(CC(=O)O)cc3)C2c2ccccc2)cc1C(C)(C)C. The predicted molar refractivity (Wildman–Crippen MR) is 145 cm³/mol. The zero-order valence-electron chi connectivity index (χ0n) is 21.9. The second-order valence-electron chi connectivity index (χ2n) is 10.2. The molecule has 1 aliphatic heterocycles. The molecule has 1 amide bonds. The highest BCUT2D eigenvalue weighted by molar-refractivity contribution is 6.51. The molecule has 3 aromatic rings. The summed E-state index contributed by atoms with van der Waals surface area (Å²) in [4.78, 5) is 39.3. The summed E-state index contributed by atoms with van der Waals surface area (Å²) in [6.07, 6.45) is -0.158. The number of carbonyl (C=O) groups is 3. The van der Waals surface area contributed by atoms with Gasteiger partial charge in [-0.3, -0.25) is 19.3 Å². The lowest BCUT2D eigenvalue weighted by Gasteiger charge is -2.26. The molecule has 0 saturated carbocycles. The van der Waals surface area contributed by atoms with Crippen molar-refractivity contribution in [3.63, 3.8) is 0 Å². The number of aliphatic hydroxyl groups is 1. The van der Waals surface area contributed by atoms with Crippen LogP contribution in [0.25, 0.3) is 5.76 Å². The smallest absolute Gasteiger partial charge is 0.307 e. The van der Waals surface area contributed by atoms with Crippen LogP contribution in [0.5, 0.6) is 5.75 Å². The number of nitrogens with zero attached hydrogens (tertiary/aromatic N) is 1. The molecule has 196 valence electrons. The number of hydrogen-bond acceptors (Lipinski definition) is 5. The Kier molecular flexibility index (Phi) is 7.39. The highest BCUT2D eigenvalue weighted by Gasteiger charge is 2.47. The van der Waals surface area contributed by atoms with Crippen LogP contribution in [0.15, 0.2) is 78.4 Å². The van der Waals surface area contributed by atoms with Crippen molar-refractivity contribution in [2.45, 2.75) is 45.6 Å². The third-order valence-electron chi connectivity index (χ3n) is 6.49. The Morgan fingerprint density at radius 1 is 0.947 bits per heavy atom. The number of Topliss-reactive ketones (excluding diaryl/α,β-unsaturated/α-hetero) is 1. The number of ketones is 1. The fraction of sp³-hybridized carbons (Fsp3) is 0.258. The number of carbonyl (C=O) groups excluding carboxylic acids is 2. The van der Waals surface area contributed by atoms with Gasteiger partial charge in [0.05, 0.1) is 24.6 Å². The number of anilines is 1. The van der Waals surface area contributed by atoms with Gasteiger partial charge in [0.15, 0.2) is 0 Å². The number of carboxylic acids is 1. The fourth-order valence-corrected chi connectivity index (χ4v) is 4.70. The summed E-state index contributed by atoms with van der Waals surface area (Å²) in [5.74, 6) is -2.10. The first-order valence-corrected chi connectivity index (χ1v) is 12.5. The standard InChI is InChI=1S/C31H31NO6/c1-5-38-24-16-13-21(18-23(24)31(2,3)4)28(35)26-27(20-9-7-6-8-10-20)32(30(37)29(26)36)22-14-11-19(12-15-22)17-25(33)34/h6-16,18,27,35H,5,17H2,1-4H3,(H,33,34)/b28-26-. The van der Waals surface area contributed by atoms with Gasteiger partial charge in [-0.2, -0.15) is 0 Å². The summed E-state index contributed by atoms with van der Waals surface area (Å²) in [6.45, 7) is 8.48. The fourth-order valence-electron chi connectivity index (χ4n) is 4.70. The second-order valence-corrected chi connectivity index (χ2v) is 10.2. The van der Waals surface area contributed by atoms with Crippen molar-refractivity contribution in [3.05, 3.63) is 101 Å². The quantitative estimate of drug-likeness (QED) is 0.241. The maximum Gasteiger partial charge on any atom is 0.307 e. The van der Waals surface area contributed by atoms with Gasteiger partial charge in [0.2, 0.25) is 0 Å². The van der Waals surface area contributed by atoms with Crippen molar-refractivity contribution < 1.29 is 29.3 Å². The molecule has 2 N–H and O–H groups in total. The zero-order valence-corrected chi connectivity index (χ0v) is 21.9. The van der Waals surface area contributed by atoms with Gasteiger partial charge >= 0.3 is 5.97 Å². The molecule has 1 heterocycles. The van der Waals surface area contributed by atoms with Gasteiger partial charge in [-0.25, -0.2) is 0 Å². The van der Waals surface area contributed by atoms with Gasteiger partial charge in [-0.05, 0) is 53.8 Å². The number of aliphatic carboxylic acids is 1. The Balaban J connectivity index is 1.88. The van der Waals surface area contributed by atoms with Crippen LogP contribution < -0.4 is 9.64 Å². The van der Waals surface area contributed by atoms with Crippen molar-refractivity contribution in [2.75, 3.05) is 11.5 Å². The largest absolute Gasteiger partial charge is 0.507 e. The van der Waals surface area contributed by atoms with Gasteiger partial charge in [0.1, 0.15) is 11.5 Å². The maximum absolute atomic E-state index is 13.4. The van der Waals surface area contributed by atoms with E-state index in [2.05, 4.69) is 0 Å². The van der Waals surface area contributed by atoms with Gasteiger partial charge < -0.3 is 14.9 Å². The molecule has 7 nitrogen and oxygen atoms in total. The molecule has 0 spiro atoms. The van der Waals surface area contributed by atoms with E-state index in [0.717, 1.165) is 5.56 Å². The monoisotopic (exact) mass is 513 g/mol. The number of carboxylic acid groups (broad SMARTS) is 1. The first kappa shape index (κ1) is 26.7. The molecule has 0 aromatic heterocycles. The number of hydrogen-bond donors (Lipinski definition) is 2. The van der Waals surface area contributed by atoms with Crippen molar-refractivity contribution >= 4 is 29.1 Å². The average Bonchev–Trinajstić information content (AvgIpc) is 3.14. The predicted octanol–water partition coefficient (Wildman–Crippen LogP) is 5.64. The zero-order chi connectivity index (χ0) is 27.6. The van der Waals surface area contributed by atoms with E-state index in [9.17, 15) is 19.5 Å². The Morgan fingerprint density at radius 2 is 1.61 bits per heavy atom. The van der Waals surface area contributed by atoms with E-state index in [1.807, 2.05) is 33.8 Å². The van der Waals surface area contributed by atoms with Crippen LogP contribution in [-0.2, 0) is 26.2 Å². The highest BCUT2D eigenvalue weighted by atomic mass is 16.5. The van der Waals surface area contributed by atoms with Crippen LogP contribution in [0.3, 0.4) is 0 Å². The molecule has 0 bridgehead atoms. The minimum Gasteiger partial charge on any atom is -0.507 e. The van der Waals surface area contributed by atoms with E-state index in [0.29, 0.717) is 34.7 Å². The van der Waals surface area contributed by atoms with Gasteiger partial charge in [0.25, 0.3) is 11.7 Å². The summed E-state index contributed by atoms with van der Waals surface area (Å²) >= 11 is 0. The maximum atomic E-state index is 13.4. The summed E-state index contributed by atoms with van der Waals surface area (Å²) in [5, 5.41) is 20.6. The number of ether oxygens (including phenoxy) is 1. The molecule has 0 radical (unpaired) electrons. The second kappa shape index (κ2) is 10.5. The minimum absolute atomic E-state index is 0.0140. The third-order valence-corrected chi connectivity index (χ3v) is 6.49. The Morgan fingerprint density at radius 3 is 2.18 bits per heavy atom. The van der Waals surface area contributed by atoms with Gasteiger partial charge in [0, 0.05) is 16.8 Å². The van der Waals surface area contributed by atoms with Gasteiger partial charge in [-0.1, -0.05) is 63.2 Å². The van der Waals surface area contributed by atoms with Crippen LogP contribution in [0.4, 0.5) is 5.69 Å². The molecule has 1 saturated heterocycles. The number of aliphatic hydroxyl groups excluding tert-OH is 1. The number of benzene rings is 3. The van der Waals surface area contributed by atoms with E-state index in [-0.39, 0.29) is 23.2 Å². The normalized spacial score (nSPS) is 17.1. The van der Waals surface area contributed by atoms with Crippen molar-refractivity contribution in [3.8, 4) is 5.75 Å². The van der Waals surface area contributed by atoms with E-state index >= 15 is 0 Å². The molecule has 0 aliphatic carbocycles. The molecule has 1 atom stereocenters. The molecule has 4 rings (SSSR count). The molecule has 1 aliphatic rings. The lowest BCUT2D eigenvalue weighted by molar-refractivity contribution is -0.136. The average molecular weight is 514 g/mol. The molecular formula is C31H31NO6. The van der Waals surface area contributed by atoms with Crippen molar-refractivity contribution in [1.29, 1.82) is 0 Å². The van der Waals surface area contributed by atoms with Crippen LogP contribution in [0.1, 0.15) is 56.0 Å². The van der Waals surface area contributed by atoms with Crippen molar-refractivity contribution in [2.24, 2.45) is 0 Å². The topological polar surface area (TPSA) is 104 Å². The first-order valence-electron chi connectivity index (χ1n) is 12.5. The molecule has 3 aromatic carbocycles. The first-order chi connectivity index (χ1) is 18.0. The van der Waals surface area contributed by atoms with Crippen LogP contribution in [0.2, 0.25) is 0 Å². The van der Waals surface area contributed by atoms with Crippen molar-refractivity contribution in [1.82, 2.24) is 0 Å². The van der Waals surface area contributed by atoms with E-state index in [1.165, 1.54) is 4.90 Å². The molecule has 1 unspecified atom stereocenters. The summed E-state index contributed by atoms with van der Waals surface area (Å²) in [5.41, 5.74) is 2.61. The lowest BCUT2D eigenvalue weighted by atomic mass is 9.84. The Hall–Kier alpha value is -4.39. The lowest BCUT2D eigenvalue weighted by Crippen LogP contribution is -2.29. The van der Waals surface area contributed by atoms with E-state index < -0.39 is 23.7 Å². The molecule has 7 heteroatoms. The van der Waals surface area contributed by atoms with Gasteiger partial charge in [-0.15, -0.1) is 0 Å². The van der Waals surface area contributed by atoms with Crippen LogP contribution in [0, 0.1) is 0 Å². The number of amides is 1. The van der Waals surface area contributed by atoms with E-state index in [1.54, 1.807) is 66.7 Å². The molecular weight excluding hydrogens is 482 g/mol. The van der Waals surface area contributed by atoms with Crippen LogP contribution >= 0.6 is 0 Å². The third kappa shape index (κ3) is 5.18. The highest BCUT2D eigenvalue weighted by Crippen LogP contribution is 2.43. The summed E-state index contributed by atoms with van der Waals surface area (Å²) in [7, 11) is 0.